The highest BCUT2D eigenvalue weighted by atomic mass is 16.6. The van der Waals surface area contributed by atoms with E-state index in [-0.39, 0.29) is 11.9 Å². The summed E-state index contributed by atoms with van der Waals surface area (Å²) in [5.41, 5.74) is 4.79. The molecule has 4 N–H and O–H groups in total. The quantitative estimate of drug-likeness (QED) is 0.143. The summed E-state index contributed by atoms with van der Waals surface area (Å²) in [6.07, 6.45) is 0.228. The molecule has 43 heavy (non-hydrogen) atoms. The Hall–Kier alpha value is -5.84. The van der Waals surface area contributed by atoms with Gasteiger partial charge in [-0.25, -0.2) is 0 Å². The van der Waals surface area contributed by atoms with Crippen LogP contribution in [0.3, 0.4) is 0 Å². The van der Waals surface area contributed by atoms with Crippen LogP contribution in [0, 0.1) is 0 Å². The van der Waals surface area contributed by atoms with Gasteiger partial charge in [0.05, 0.1) is 19.9 Å². The van der Waals surface area contributed by atoms with Crippen molar-refractivity contribution < 1.29 is 19.4 Å². The number of aromatic nitrogens is 3. The summed E-state index contributed by atoms with van der Waals surface area (Å²) < 4.78 is 10.5. The number of oxime groups is 1. The Bertz CT molecular complexity index is 1660. The molecule has 2 heterocycles. The molecule has 0 bridgehead atoms. The molecule has 0 saturated heterocycles. The minimum atomic E-state index is -0.326. The molecule has 1 atom stereocenters. The zero-order valence-electron chi connectivity index (χ0n) is 23.5. The lowest BCUT2D eigenvalue weighted by Gasteiger charge is -2.12. The number of phenolic OH excluding ortho intramolecular Hbond substituents is 1. The van der Waals surface area contributed by atoms with Crippen molar-refractivity contribution in [3.63, 3.8) is 0 Å². The van der Waals surface area contributed by atoms with E-state index < -0.39 is 0 Å². The predicted molar refractivity (Wildman–Crippen MR) is 165 cm³/mol. The van der Waals surface area contributed by atoms with Crippen LogP contribution in [0.1, 0.15) is 23.7 Å². The summed E-state index contributed by atoms with van der Waals surface area (Å²) in [6, 6.07) is 29.8. The van der Waals surface area contributed by atoms with Crippen LogP contribution in [0.5, 0.6) is 17.2 Å². The van der Waals surface area contributed by atoms with Gasteiger partial charge in [-0.3, -0.25) is 0 Å². The largest absolute Gasteiger partial charge is 0.508 e. The van der Waals surface area contributed by atoms with Gasteiger partial charge in [0.2, 0.25) is 17.8 Å². The Morgan fingerprint density at radius 1 is 0.651 bits per heavy atom. The maximum atomic E-state index is 10.2. The summed E-state index contributed by atoms with van der Waals surface area (Å²) in [7, 11) is 3.25. The Kier molecular flexibility index (Phi) is 7.85. The Morgan fingerprint density at radius 2 is 1.12 bits per heavy atom. The first kappa shape index (κ1) is 27.3. The lowest BCUT2D eigenvalue weighted by Crippen LogP contribution is -2.07. The van der Waals surface area contributed by atoms with Crippen molar-refractivity contribution in [1.82, 2.24) is 15.0 Å². The number of nitrogens with zero attached hydrogens (tertiary/aromatic N) is 4. The molecule has 11 nitrogen and oxygen atoms in total. The van der Waals surface area contributed by atoms with E-state index in [1.165, 1.54) is 0 Å². The molecule has 5 aromatic rings. The van der Waals surface area contributed by atoms with E-state index in [1.807, 2.05) is 84.9 Å². The molecule has 1 unspecified atom stereocenters. The number of para-hydroxylation sites is 1. The first-order valence-electron chi connectivity index (χ1n) is 13.5. The number of nitrogens with one attached hydrogen (secondary N) is 3. The number of anilines is 6. The number of methoxy groups -OCH3 is 2. The van der Waals surface area contributed by atoms with Gasteiger partial charge in [-0.05, 0) is 72.3 Å². The topological polar surface area (TPSA) is 135 Å². The molecule has 6 rings (SSSR count). The molecule has 0 spiro atoms. The average molecular weight is 576 g/mol. The van der Waals surface area contributed by atoms with E-state index in [4.69, 9.17) is 14.3 Å². The first-order chi connectivity index (χ1) is 21.1. The molecular weight excluding hydrogens is 546 g/mol. The number of ether oxygens (including phenoxy) is 2. The van der Waals surface area contributed by atoms with Gasteiger partial charge >= 0.3 is 0 Å². The molecule has 4 aromatic carbocycles. The smallest absolute Gasteiger partial charge is 0.233 e. The van der Waals surface area contributed by atoms with Gasteiger partial charge in [-0.15, -0.1) is 0 Å². The first-order valence-corrected chi connectivity index (χ1v) is 13.5. The number of hydrogen-bond donors (Lipinski definition) is 4. The van der Waals surface area contributed by atoms with Gasteiger partial charge in [0.15, 0.2) is 6.10 Å². The molecule has 1 aliphatic heterocycles. The molecule has 0 saturated carbocycles. The van der Waals surface area contributed by atoms with Crippen molar-refractivity contribution in [2.75, 3.05) is 30.2 Å². The normalized spacial score (nSPS) is 13.9. The van der Waals surface area contributed by atoms with Crippen LogP contribution in [-0.2, 0) is 4.84 Å². The predicted octanol–water partition coefficient (Wildman–Crippen LogP) is 6.69. The number of rotatable bonds is 10. The second kappa shape index (κ2) is 12.4. The van der Waals surface area contributed by atoms with Crippen LogP contribution in [0.2, 0.25) is 0 Å². The minimum Gasteiger partial charge on any atom is -0.508 e. The zero-order valence-corrected chi connectivity index (χ0v) is 23.5. The van der Waals surface area contributed by atoms with Gasteiger partial charge in [0.1, 0.15) is 17.2 Å². The van der Waals surface area contributed by atoms with Gasteiger partial charge < -0.3 is 35.4 Å². The summed E-state index contributed by atoms with van der Waals surface area (Å²) in [6.45, 7) is 0. The Labute approximate surface area is 248 Å². The summed E-state index contributed by atoms with van der Waals surface area (Å²) in [4.78, 5) is 19.3. The van der Waals surface area contributed by atoms with Crippen molar-refractivity contribution in [2.45, 2.75) is 12.5 Å². The summed E-state index contributed by atoms with van der Waals surface area (Å²) >= 11 is 0. The number of aromatic hydroxyl groups is 1. The second-order valence-electron chi connectivity index (χ2n) is 9.61. The summed E-state index contributed by atoms with van der Waals surface area (Å²) in [5.74, 6) is 2.74. The SMILES string of the molecule is COc1ccc(Nc2nc(Nc3ccc(OC)cc3)nc(Nc3ccc(C4=NOC(c5ccccc5O)C4)cc3)n2)cc1. The van der Waals surface area contributed by atoms with E-state index in [0.29, 0.717) is 29.8 Å². The Balaban J connectivity index is 1.20. The highest BCUT2D eigenvalue weighted by molar-refractivity contribution is 6.01. The van der Waals surface area contributed by atoms with Gasteiger partial charge in [-0.2, -0.15) is 15.0 Å². The van der Waals surface area contributed by atoms with Crippen molar-refractivity contribution in [2.24, 2.45) is 5.16 Å². The van der Waals surface area contributed by atoms with Gasteiger partial charge in [0, 0.05) is 29.0 Å². The highest BCUT2D eigenvalue weighted by Crippen LogP contribution is 2.34. The van der Waals surface area contributed by atoms with Crippen LogP contribution in [0.15, 0.2) is 102 Å². The fourth-order valence-electron chi connectivity index (χ4n) is 4.50. The fraction of sp³-hybridized carbons (Fsp3) is 0.125. The monoisotopic (exact) mass is 575 g/mol. The van der Waals surface area contributed by atoms with Crippen molar-refractivity contribution in [1.29, 1.82) is 0 Å². The molecule has 0 aliphatic carbocycles. The molecule has 1 aliphatic rings. The van der Waals surface area contributed by atoms with Crippen LogP contribution in [0.4, 0.5) is 34.9 Å². The van der Waals surface area contributed by atoms with Crippen molar-refractivity contribution in [3.8, 4) is 17.2 Å². The summed E-state index contributed by atoms with van der Waals surface area (Å²) in [5, 5.41) is 24.2. The van der Waals surface area contributed by atoms with Crippen LogP contribution in [-0.4, -0.2) is 40.0 Å². The zero-order chi connectivity index (χ0) is 29.6. The number of benzene rings is 4. The molecule has 0 fully saturated rings. The highest BCUT2D eigenvalue weighted by Gasteiger charge is 2.26. The van der Waals surface area contributed by atoms with E-state index in [0.717, 1.165) is 39.8 Å². The number of phenols is 1. The van der Waals surface area contributed by atoms with E-state index in [2.05, 4.69) is 36.1 Å². The van der Waals surface area contributed by atoms with Gasteiger partial charge in [0.25, 0.3) is 0 Å². The molecule has 216 valence electrons. The minimum absolute atomic E-state index is 0.197. The van der Waals surface area contributed by atoms with Crippen molar-refractivity contribution >= 4 is 40.6 Å². The van der Waals surface area contributed by atoms with Crippen LogP contribution in [0.25, 0.3) is 0 Å². The molecule has 0 radical (unpaired) electrons. The van der Waals surface area contributed by atoms with Gasteiger partial charge in [-0.1, -0.05) is 35.5 Å². The molecular formula is C32H29N7O4. The van der Waals surface area contributed by atoms with Crippen LogP contribution >= 0.6 is 0 Å². The second-order valence-corrected chi connectivity index (χ2v) is 9.61. The van der Waals surface area contributed by atoms with Crippen LogP contribution < -0.4 is 25.4 Å². The lowest BCUT2D eigenvalue weighted by atomic mass is 9.99. The Morgan fingerprint density at radius 3 is 1.58 bits per heavy atom. The lowest BCUT2D eigenvalue weighted by molar-refractivity contribution is 0.0838. The van der Waals surface area contributed by atoms with E-state index >= 15 is 0 Å². The van der Waals surface area contributed by atoms with Crippen molar-refractivity contribution in [3.05, 3.63) is 108 Å². The average Bonchev–Trinajstić information content (AvgIpc) is 3.52. The molecule has 1 aromatic heterocycles. The third-order valence-corrected chi connectivity index (χ3v) is 6.75. The van der Waals surface area contributed by atoms with E-state index in [9.17, 15) is 5.11 Å². The fourth-order valence-corrected chi connectivity index (χ4v) is 4.50. The third-order valence-electron chi connectivity index (χ3n) is 6.75. The third kappa shape index (κ3) is 6.57. The van der Waals surface area contributed by atoms with E-state index in [1.54, 1.807) is 26.4 Å². The number of hydrogen-bond acceptors (Lipinski definition) is 11. The standard InChI is InChI=1S/C32H29N7O4/c1-41-24-15-11-22(12-16-24)34-31-36-30(37-32(38-31)35-23-13-17-25(42-2)18-14-23)33-21-9-7-20(8-10-21)27-19-29(43-39-27)26-5-3-4-6-28(26)40/h3-18,29,40H,19H2,1-2H3,(H3,33,34,35,36,37,38). The molecule has 11 heteroatoms. The molecule has 0 amide bonds. The maximum absolute atomic E-state index is 10.2. The maximum Gasteiger partial charge on any atom is 0.233 e.